The van der Waals surface area contributed by atoms with Crippen LogP contribution in [0.15, 0.2) is 23.9 Å². The topological polar surface area (TPSA) is 76.7 Å². The predicted molar refractivity (Wildman–Crippen MR) is 121 cm³/mol. The van der Waals surface area contributed by atoms with Gasteiger partial charge in [0.2, 0.25) is 0 Å². The fraction of sp³-hybridized carbons (Fsp3) is 0.769. The maximum Gasteiger partial charge on any atom is 0.302 e. The third-order valence-electron chi connectivity index (χ3n) is 9.59. The number of ketones is 1. The molecule has 4 aliphatic carbocycles. The summed E-state index contributed by atoms with van der Waals surface area (Å²) in [6.07, 6.45) is 10.1. The Labute approximate surface area is 191 Å². The zero-order chi connectivity index (χ0) is 22.5. The van der Waals surface area contributed by atoms with Gasteiger partial charge in [0, 0.05) is 42.3 Å². The van der Waals surface area contributed by atoms with Crippen molar-refractivity contribution in [1.82, 2.24) is 10.8 Å². The number of esters is 1. The van der Waals surface area contributed by atoms with Gasteiger partial charge >= 0.3 is 5.97 Å². The van der Waals surface area contributed by atoms with E-state index < -0.39 is 0 Å². The molecule has 32 heavy (non-hydrogen) atoms. The van der Waals surface area contributed by atoms with Crippen LogP contribution >= 0.6 is 0 Å². The Balaban J connectivity index is 1.42. The fourth-order valence-electron chi connectivity index (χ4n) is 7.88. The molecule has 1 aliphatic heterocycles. The summed E-state index contributed by atoms with van der Waals surface area (Å²) >= 11 is 0. The lowest BCUT2D eigenvalue weighted by molar-refractivity contribution is -0.156. The molecule has 7 atom stereocenters. The van der Waals surface area contributed by atoms with Gasteiger partial charge in [-0.1, -0.05) is 25.2 Å². The number of carbonyl (C=O) groups is 2. The van der Waals surface area contributed by atoms with Gasteiger partial charge in [-0.25, -0.2) is 0 Å². The molecule has 0 aromatic carbocycles. The van der Waals surface area contributed by atoms with E-state index in [1.165, 1.54) is 12.5 Å². The number of rotatable bonds is 5. The quantitative estimate of drug-likeness (QED) is 0.384. The molecule has 4 fully saturated rings. The average molecular weight is 443 g/mol. The summed E-state index contributed by atoms with van der Waals surface area (Å²) in [5.74, 6) is 1.76. The van der Waals surface area contributed by atoms with E-state index in [0.717, 1.165) is 70.2 Å². The fourth-order valence-corrected chi connectivity index (χ4v) is 7.88. The van der Waals surface area contributed by atoms with Gasteiger partial charge in [-0.05, 0) is 69.2 Å². The summed E-state index contributed by atoms with van der Waals surface area (Å²) in [4.78, 5) is 30.6. The van der Waals surface area contributed by atoms with Crippen molar-refractivity contribution < 1.29 is 19.2 Å². The highest BCUT2D eigenvalue weighted by Crippen LogP contribution is 2.66. The SMILES string of the molecule is C=C1CC2C3CCC(=O)C3(C)CCC2C2(COC(C)=O)CCC(NOC3CCNC3)=CC12. The van der Waals surface area contributed by atoms with E-state index in [0.29, 0.717) is 30.1 Å². The standard InChI is InChI=1S/C26H38N2O4/c1-16-12-20-21-4-5-24(30)25(21,3)9-7-22(20)26(15-31-17(2)29)10-6-18(13-23(16)26)28-32-19-8-11-27-14-19/h13,19-23,27-28H,1,4-12,14-15H2,2-3H3. The molecular weight excluding hydrogens is 404 g/mol. The zero-order valence-electron chi connectivity index (χ0n) is 19.6. The summed E-state index contributed by atoms with van der Waals surface area (Å²) in [6.45, 7) is 10.6. The monoisotopic (exact) mass is 442 g/mol. The van der Waals surface area contributed by atoms with Gasteiger partial charge in [-0.3, -0.25) is 19.9 Å². The van der Waals surface area contributed by atoms with E-state index in [2.05, 4.69) is 30.4 Å². The molecule has 3 saturated carbocycles. The Morgan fingerprint density at radius 1 is 1.25 bits per heavy atom. The summed E-state index contributed by atoms with van der Waals surface area (Å²) in [6, 6.07) is 0. The Bertz CT molecular complexity index is 832. The van der Waals surface area contributed by atoms with E-state index in [1.807, 2.05) is 0 Å². The van der Waals surface area contributed by atoms with Crippen LogP contribution in [0.5, 0.6) is 0 Å². The van der Waals surface area contributed by atoms with Crippen LogP contribution in [0.3, 0.4) is 0 Å². The molecular formula is C26H38N2O4. The molecule has 0 bridgehead atoms. The summed E-state index contributed by atoms with van der Waals surface area (Å²) in [5.41, 5.74) is 5.30. The second-order valence-electron chi connectivity index (χ2n) is 11.2. The maximum absolute atomic E-state index is 12.8. The Kier molecular flexibility index (Phi) is 5.73. The van der Waals surface area contributed by atoms with Crippen LogP contribution in [-0.4, -0.2) is 37.6 Å². The van der Waals surface area contributed by atoms with Gasteiger partial charge < -0.3 is 10.1 Å². The highest BCUT2D eigenvalue weighted by Gasteiger charge is 2.62. The van der Waals surface area contributed by atoms with E-state index in [9.17, 15) is 9.59 Å². The molecule has 0 radical (unpaired) electrons. The smallest absolute Gasteiger partial charge is 0.302 e. The first-order valence-corrected chi connectivity index (χ1v) is 12.5. The molecule has 2 N–H and O–H groups in total. The van der Waals surface area contributed by atoms with E-state index in [-0.39, 0.29) is 28.8 Å². The molecule has 6 heteroatoms. The van der Waals surface area contributed by atoms with Crippen molar-refractivity contribution in [2.45, 2.75) is 71.3 Å². The lowest BCUT2D eigenvalue weighted by Crippen LogP contribution is -2.56. The first kappa shape index (κ1) is 22.1. The Morgan fingerprint density at radius 2 is 2.09 bits per heavy atom. The lowest BCUT2D eigenvalue weighted by Gasteiger charge is -2.60. The third kappa shape index (κ3) is 3.54. The predicted octanol–water partition coefficient (Wildman–Crippen LogP) is 3.68. The van der Waals surface area contributed by atoms with Crippen LogP contribution in [-0.2, 0) is 19.2 Å². The van der Waals surface area contributed by atoms with Gasteiger partial charge in [0.25, 0.3) is 0 Å². The third-order valence-corrected chi connectivity index (χ3v) is 9.59. The summed E-state index contributed by atoms with van der Waals surface area (Å²) < 4.78 is 5.74. The molecule has 0 amide bonds. The van der Waals surface area contributed by atoms with Crippen molar-refractivity contribution in [3.63, 3.8) is 0 Å². The Morgan fingerprint density at radius 3 is 2.84 bits per heavy atom. The van der Waals surface area contributed by atoms with Crippen LogP contribution in [0, 0.1) is 34.5 Å². The highest BCUT2D eigenvalue weighted by molar-refractivity contribution is 5.87. The van der Waals surface area contributed by atoms with Crippen LogP contribution in [0.1, 0.15) is 65.2 Å². The van der Waals surface area contributed by atoms with Crippen molar-refractivity contribution in [3.8, 4) is 0 Å². The van der Waals surface area contributed by atoms with Crippen molar-refractivity contribution in [2.24, 2.45) is 34.5 Å². The number of ether oxygens (including phenoxy) is 1. The first-order chi connectivity index (χ1) is 15.3. The number of hydroxylamine groups is 1. The second kappa shape index (κ2) is 8.28. The minimum Gasteiger partial charge on any atom is -0.465 e. The number of hydrogen-bond acceptors (Lipinski definition) is 6. The second-order valence-corrected chi connectivity index (χ2v) is 11.2. The number of nitrogens with one attached hydrogen (secondary N) is 2. The van der Waals surface area contributed by atoms with Crippen molar-refractivity contribution >= 4 is 11.8 Å². The molecule has 5 rings (SSSR count). The summed E-state index contributed by atoms with van der Waals surface area (Å²) in [5, 5.41) is 3.33. The van der Waals surface area contributed by atoms with Crippen LogP contribution in [0.25, 0.3) is 0 Å². The number of hydrogen-bond donors (Lipinski definition) is 2. The zero-order valence-corrected chi connectivity index (χ0v) is 19.6. The highest BCUT2D eigenvalue weighted by atomic mass is 16.7. The average Bonchev–Trinajstić information content (AvgIpc) is 3.39. The van der Waals surface area contributed by atoms with E-state index >= 15 is 0 Å². The molecule has 1 heterocycles. The molecule has 1 saturated heterocycles. The number of Topliss-reactive ketones (excluding diaryl/α,β-unsaturated/α-hetero) is 1. The van der Waals surface area contributed by atoms with E-state index in [4.69, 9.17) is 9.57 Å². The van der Waals surface area contributed by atoms with Gasteiger partial charge in [0.15, 0.2) is 0 Å². The first-order valence-electron chi connectivity index (χ1n) is 12.5. The minimum atomic E-state index is -0.215. The van der Waals surface area contributed by atoms with Gasteiger partial charge in [-0.15, -0.1) is 0 Å². The minimum absolute atomic E-state index is 0.126. The molecule has 0 aromatic rings. The molecule has 0 aromatic heterocycles. The number of allylic oxidation sites excluding steroid dienone is 3. The van der Waals surface area contributed by atoms with Gasteiger partial charge in [0.1, 0.15) is 5.78 Å². The molecule has 5 aliphatic rings. The van der Waals surface area contributed by atoms with Crippen molar-refractivity contribution in [1.29, 1.82) is 0 Å². The lowest BCUT2D eigenvalue weighted by atomic mass is 9.45. The van der Waals surface area contributed by atoms with Crippen LogP contribution in [0.4, 0.5) is 0 Å². The summed E-state index contributed by atoms with van der Waals surface area (Å²) in [7, 11) is 0. The molecule has 0 spiro atoms. The molecule has 6 nitrogen and oxygen atoms in total. The molecule has 7 unspecified atom stereocenters. The van der Waals surface area contributed by atoms with Gasteiger partial charge in [-0.2, -0.15) is 0 Å². The number of fused-ring (bicyclic) bond motifs is 5. The van der Waals surface area contributed by atoms with Crippen molar-refractivity contribution in [2.75, 3.05) is 19.7 Å². The number of carbonyl (C=O) groups excluding carboxylic acids is 2. The largest absolute Gasteiger partial charge is 0.465 e. The van der Waals surface area contributed by atoms with Crippen molar-refractivity contribution in [3.05, 3.63) is 23.9 Å². The Hall–Kier alpha value is -1.66. The van der Waals surface area contributed by atoms with Crippen LogP contribution < -0.4 is 10.8 Å². The maximum atomic E-state index is 12.8. The van der Waals surface area contributed by atoms with E-state index in [1.54, 1.807) is 0 Å². The molecule has 176 valence electrons. The normalized spacial score (nSPS) is 43.2. The van der Waals surface area contributed by atoms with Gasteiger partial charge in [0.05, 0.1) is 12.7 Å². The van der Waals surface area contributed by atoms with Crippen LogP contribution in [0.2, 0.25) is 0 Å².